The molecule has 0 atom stereocenters. The molecular formula is C19H22N4O2. The van der Waals surface area contributed by atoms with Crippen LogP contribution < -0.4 is 10.1 Å². The zero-order valence-electron chi connectivity index (χ0n) is 14.7. The Bertz CT molecular complexity index is 869. The lowest BCUT2D eigenvalue weighted by Crippen LogP contribution is -2.31. The fourth-order valence-electron chi connectivity index (χ4n) is 2.53. The van der Waals surface area contributed by atoms with Crippen LogP contribution in [0.1, 0.15) is 10.4 Å². The van der Waals surface area contributed by atoms with Gasteiger partial charge in [-0.2, -0.15) is 0 Å². The highest BCUT2D eigenvalue weighted by Crippen LogP contribution is 2.23. The van der Waals surface area contributed by atoms with E-state index < -0.39 is 0 Å². The van der Waals surface area contributed by atoms with Gasteiger partial charge in [-0.3, -0.25) is 4.79 Å². The molecule has 6 nitrogen and oxygen atoms in total. The molecule has 2 aromatic carbocycles. The predicted octanol–water partition coefficient (Wildman–Crippen LogP) is 2.53. The van der Waals surface area contributed by atoms with Crippen LogP contribution in [0.3, 0.4) is 0 Å². The normalized spacial score (nSPS) is 11.0. The first-order valence-corrected chi connectivity index (χ1v) is 8.14. The van der Waals surface area contributed by atoms with E-state index in [1.807, 2.05) is 55.4 Å². The molecule has 0 fully saturated rings. The number of fused-ring (bicyclic) bond motifs is 1. The number of rotatable bonds is 6. The maximum atomic E-state index is 12.2. The minimum atomic E-state index is -0.0793. The van der Waals surface area contributed by atoms with Gasteiger partial charge in [0.25, 0.3) is 5.91 Å². The Morgan fingerprint density at radius 1 is 1.20 bits per heavy atom. The van der Waals surface area contributed by atoms with Crippen molar-refractivity contribution in [2.45, 2.75) is 0 Å². The Kier molecular flexibility index (Phi) is 5.00. The van der Waals surface area contributed by atoms with Crippen LogP contribution in [0.2, 0.25) is 0 Å². The van der Waals surface area contributed by atoms with Gasteiger partial charge in [0.05, 0.1) is 18.1 Å². The Labute approximate surface area is 146 Å². The molecule has 2 N–H and O–H groups in total. The maximum absolute atomic E-state index is 12.2. The molecule has 6 heteroatoms. The highest BCUT2D eigenvalue weighted by molar-refractivity contribution is 5.97. The molecule has 1 aromatic heterocycles. The van der Waals surface area contributed by atoms with Crippen LogP contribution in [-0.4, -0.2) is 55.1 Å². The zero-order valence-corrected chi connectivity index (χ0v) is 14.7. The number of carbonyl (C=O) groups excluding carboxylic acids is 1. The number of nitrogens with one attached hydrogen (secondary N) is 2. The van der Waals surface area contributed by atoms with E-state index in [0.717, 1.165) is 34.7 Å². The Morgan fingerprint density at radius 2 is 1.96 bits per heavy atom. The lowest BCUT2D eigenvalue weighted by molar-refractivity contribution is 0.0951. The van der Waals surface area contributed by atoms with Crippen LogP contribution in [0.5, 0.6) is 5.75 Å². The minimum Gasteiger partial charge on any atom is -0.497 e. The summed E-state index contributed by atoms with van der Waals surface area (Å²) in [6.45, 7) is 1.42. The van der Waals surface area contributed by atoms with Gasteiger partial charge in [-0.15, -0.1) is 0 Å². The van der Waals surface area contributed by atoms with E-state index in [-0.39, 0.29) is 5.91 Å². The summed E-state index contributed by atoms with van der Waals surface area (Å²) in [7, 11) is 5.59. The second kappa shape index (κ2) is 7.36. The fourth-order valence-corrected chi connectivity index (χ4v) is 2.53. The number of methoxy groups -OCH3 is 1. The lowest BCUT2D eigenvalue weighted by atomic mass is 10.2. The van der Waals surface area contributed by atoms with E-state index in [2.05, 4.69) is 15.3 Å². The molecule has 1 amide bonds. The van der Waals surface area contributed by atoms with Crippen LogP contribution >= 0.6 is 0 Å². The van der Waals surface area contributed by atoms with Gasteiger partial charge >= 0.3 is 0 Å². The van der Waals surface area contributed by atoms with E-state index in [1.54, 1.807) is 13.2 Å². The summed E-state index contributed by atoms with van der Waals surface area (Å²) in [6.07, 6.45) is 0. The molecule has 0 aliphatic rings. The van der Waals surface area contributed by atoms with Crippen molar-refractivity contribution in [3.8, 4) is 17.1 Å². The van der Waals surface area contributed by atoms with Crippen LogP contribution in [0.25, 0.3) is 22.4 Å². The number of imidazole rings is 1. The molecule has 1 heterocycles. The van der Waals surface area contributed by atoms with Gasteiger partial charge in [0.15, 0.2) is 0 Å². The van der Waals surface area contributed by atoms with Crippen molar-refractivity contribution >= 4 is 16.9 Å². The average Bonchev–Trinajstić information content (AvgIpc) is 3.04. The largest absolute Gasteiger partial charge is 0.497 e. The highest BCUT2D eigenvalue weighted by atomic mass is 16.5. The molecular weight excluding hydrogens is 316 g/mol. The molecule has 0 saturated carbocycles. The summed E-state index contributed by atoms with van der Waals surface area (Å²) in [5.41, 5.74) is 3.26. The number of amides is 1. The topological polar surface area (TPSA) is 70.2 Å². The number of hydrogen-bond donors (Lipinski definition) is 2. The summed E-state index contributed by atoms with van der Waals surface area (Å²) < 4.78 is 5.17. The summed E-state index contributed by atoms with van der Waals surface area (Å²) in [4.78, 5) is 22.1. The fraction of sp³-hybridized carbons (Fsp3) is 0.263. The first kappa shape index (κ1) is 17.0. The number of hydrogen-bond acceptors (Lipinski definition) is 4. The Morgan fingerprint density at radius 3 is 2.64 bits per heavy atom. The summed E-state index contributed by atoms with van der Waals surface area (Å²) in [6, 6.07) is 13.2. The predicted molar refractivity (Wildman–Crippen MR) is 99.0 cm³/mol. The van der Waals surface area contributed by atoms with Crippen molar-refractivity contribution in [3.63, 3.8) is 0 Å². The summed E-state index contributed by atoms with van der Waals surface area (Å²) >= 11 is 0. The third-order valence-electron chi connectivity index (χ3n) is 3.95. The van der Waals surface area contributed by atoms with Crippen molar-refractivity contribution in [1.82, 2.24) is 20.2 Å². The maximum Gasteiger partial charge on any atom is 0.251 e. The van der Waals surface area contributed by atoms with Crippen molar-refractivity contribution < 1.29 is 9.53 Å². The minimum absolute atomic E-state index is 0.0793. The van der Waals surface area contributed by atoms with Gasteiger partial charge in [-0.1, -0.05) is 0 Å². The Hall–Kier alpha value is -2.86. The lowest BCUT2D eigenvalue weighted by Gasteiger charge is -2.10. The number of carbonyl (C=O) groups is 1. The number of aromatic amines is 1. The molecule has 0 bridgehead atoms. The highest BCUT2D eigenvalue weighted by Gasteiger charge is 2.10. The van der Waals surface area contributed by atoms with Crippen LogP contribution in [0.4, 0.5) is 0 Å². The summed E-state index contributed by atoms with van der Waals surface area (Å²) in [5.74, 6) is 1.49. The third-order valence-corrected chi connectivity index (χ3v) is 3.95. The second-order valence-electron chi connectivity index (χ2n) is 6.11. The second-order valence-corrected chi connectivity index (χ2v) is 6.11. The van der Waals surface area contributed by atoms with E-state index >= 15 is 0 Å². The molecule has 0 aliphatic heterocycles. The number of nitrogens with zero attached hydrogens (tertiary/aromatic N) is 2. The van der Waals surface area contributed by atoms with E-state index in [1.165, 1.54) is 0 Å². The summed E-state index contributed by atoms with van der Waals surface area (Å²) in [5, 5.41) is 2.92. The van der Waals surface area contributed by atoms with E-state index in [0.29, 0.717) is 12.1 Å². The zero-order chi connectivity index (χ0) is 17.8. The number of benzene rings is 2. The van der Waals surface area contributed by atoms with Crippen LogP contribution in [0.15, 0.2) is 42.5 Å². The van der Waals surface area contributed by atoms with Crippen molar-refractivity contribution in [2.75, 3.05) is 34.3 Å². The number of aromatic nitrogens is 2. The van der Waals surface area contributed by atoms with Gasteiger partial charge in [0.1, 0.15) is 11.6 Å². The van der Waals surface area contributed by atoms with Crippen LogP contribution in [-0.2, 0) is 0 Å². The van der Waals surface area contributed by atoms with Gasteiger partial charge < -0.3 is 19.9 Å². The molecule has 0 unspecified atom stereocenters. The van der Waals surface area contributed by atoms with Gasteiger partial charge in [0.2, 0.25) is 0 Å². The third kappa shape index (κ3) is 3.97. The van der Waals surface area contributed by atoms with E-state index in [9.17, 15) is 4.79 Å². The Balaban J connectivity index is 1.80. The monoisotopic (exact) mass is 338 g/mol. The first-order chi connectivity index (χ1) is 12.1. The van der Waals surface area contributed by atoms with E-state index in [4.69, 9.17) is 4.74 Å². The molecule has 130 valence electrons. The van der Waals surface area contributed by atoms with Crippen molar-refractivity contribution in [2.24, 2.45) is 0 Å². The van der Waals surface area contributed by atoms with Crippen molar-refractivity contribution in [1.29, 1.82) is 0 Å². The molecule has 0 radical (unpaired) electrons. The number of ether oxygens (including phenoxy) is 1. The molecule has 3 rings (SSSR count). The van der Waals surface area contributed by atoms with Crippen molar-refractivity contribution in [3.05, 3.63) is 48.0 Å². The van der Waals surface area contributed by atoms with Crippen LogP contribution in [0, 0.1) is 0 Å². The first-order valence-electron chi connectivity index (χ1n) is 8.14. The van der Waals surface area contributed by atoms with Gasteiger partial charge in [-0.05, 0) is 56.6 Å². The molecule has 3 aromatic rings. The van der Waals surface area contributed by atoms with Gasteiger partial charge in [-0.25, -0.2) is 4.98 Å². The molecule has 0 aliphatic carbocycles. The quantitative estimate of drug-likeness (QED) is 0.725. The SMILES string of the molecule is COc1ccc(-c2nc3ccc(C(=O)NCCN(C)C)cc3[nH]2)cc1. The standard InChI is InChI=1S/C19H22N4O2/c1-23(2)11-10-20-19(24)14-6-9-16-17(12-14)22-18(21-16)13-4-7-15(25-3)8-5-13/h4-9,12H,10-11H2,1-3H3,(H,20,24)(H,21,22). The number of likely N-dealkylation sites (N-methyl/N-ethyl adjacent to an activating group) is 1. The van der Waals surface area contributed by atoms with Gasteiger partial charge in [0, 0.05) is 24.2 Å². The average molecular weight is 338 g/mol. The smallest absolute Gasteiger partial charge is 0.251 e. The molecule has 25 heavy (non-hydrogen) atoms. The number of H-pyrrole nitrogens is 1. The molecule has 0 spiro atoms. The molecule has 0 saturated heterocycles.